The van der Waals surface area contributed by atoms with E-state index >= 15 is 0 Å². The van der Waals surface area contributed by atoms with Gasteiger partial charge in [-0.1, -0.05) is 161 Å². The quantitative estimate of drug-likeness (QED) is 0.0574. The molecule has 0 aromatic heterocycles. The zero-order valence-electron chi connectivity index (χ0n) is 63.7. The van der Waals surface area contributed by atoms with Gasteiger partial charge in [-0.25, -0.2) is 8.42 Å². The van der Waals surface area contributed by atoms with Gasteiger partial charge in [0, 0.05) is 20.6 Å². The van der Waals surface area contributed by atoms with Crippen LogP contribution in [0.3, 0.4) is 0 Å². The average Bonchev–Trinajstić information content (AvgIpc) is 1.55. The Morgan fingerprint density at radius 3 is 0.852 bits per heavy atom. The fraction of sp³-hybridized carbons (Fsp3) is 0.116. The first-order valence-electron chi connectivity index (χ1n) is 35.9. The number of aromatic hydroxyl groups is 12. The van der Waals surface area contributed by atoms with Crippen LogP contribution in [0.15, 0.2) is 329 Å². The molecule has 0 aliphatic heterocycles. The van der Waals surface area contributed by atoms with Crippen LogP contribution in [-0.4, -0.2) is 69.7 Å². The number of hydrogen-bond acceptors (Lipinski definition) is 15. The summed E-state index contributed by atoms with van der Waals surface area (Å²) < 4.78 is 27.3. The molecule has 588 valence electrons. The van der Waals surface area contributed by atoms with Crippen LogP contribution in [0.25, 0.3) is 22.3 Å². The van der Waals surface area contributed by atoms with Crippen molar-refractivity contribution in [1.82, 2.24) is 0 Å². The highest BCUT2D eigenvalue weighted by molar-refractivity contribution is 9.11. The van der Waals surface area contributed by atoms with E-state index in [1.54, 1.807) is 111 Å². The first-order chi connectivity index (χ1) is 54.5. The van der Waals surface area contributed by atoms with Crippen molar-refractivity contribution in [3.63, 3.8) is 0 Å². The molecule has 15 rings (SSSR count). The van der Waals surface area contributed by atoms with Gasteiger partial charge < -0.3 is 61.3 Å². The van der Waals surface area contributed by atoms with Crippen LogP contribution in [0.4, 0.5) is 0 Å². The number of halogens is 4. The van der Waals surface area contributed by atoms with Gasteiger partial charge in [0.2, 0.25) is 9.84 Å². The molecule has 14 aromatic rings. The summed E-state index contributed by atoms with van der Waals surface area (Å²) in [6, 6.07) is 87.1. The van der Waals surface area contributed by atoms with Crippen LogP contribution in [-0.2, 0) is 26.1 Å². The Hall–Kier alpha value is -11.1. The topological polar surface area (TPSA) is 277 Å². The summed E-state index contributed by atoms with van der Waals surface area (Å²) in [6.45, 7) is 15.5. The van der Waals surface area contributed by atoms with Crippen LogP contribution in [0.2, 0.25) is 0 Å². The molecular formula is C95H84Br4O14S2. The molecule has 115 heavy (non-hydrogen) atoms. The van der Waals surface area contributed by atoms with E-state index in [1.165, 1.54) is 58.7 Å². The van der Waals surface area contributed by atoms with Crippen molar-refractivity contribution < 1.29 is 69.7 Å². The monoisotopic (exact) mass is 1830 g/mol. The third kappa shape index (κ3) is 20.3. The summed E-state index contributed by atoms with van der Waals surface area (Å²) >= 11 is 15.0. The molecule has 0 unspecified atom stereocenters. The fourth-order valence-electron chi connectivity index (χ4n) is 12.9. The number of phenolic OH excluding ortho intramolecular Hbond substituents is 12. The van der Waals surface area contributed by atoms with Gasteiger partial charge in [-0.15, -0.1) is 0 Å². The maximum Gasteiger partial charge on any atom is 0.206 e. The van der Waals surface area contributed by atoms with Crippen molar-refractivity contribution in [2.45, 2.75) is 91.2 Å². The van der Waals surface area contributed by atoms with Crippen LogP contribution >= 0.6 is 75.5 Å². The van der Waals surface area contributed by atoms with E-state index < -0.39 is 15.3 Å². The SMILES string of the molecule is CC(C)(c1cc(Br)c(O)c(Br)c1)c1cc(Br)c(O)c(Br)c1.Cc1cc(C(C)(C)c2ccc(O)c(C)c2)ccc1O.Cc1cc(S(=O)(=O)c2ccc(O)c(C)c2)ccc1O.Oc1ccc(-c2ccc(O)cc2)cc1.Oc1ccc(C2(c3ccc(O)cc3)c3ccccc3-c3ccccc32)cc1.Oc1ccc(Sc2ccc(O)cc2)cc1. The minimum atomic E-state index is -3.64. The number of sulfone groups is 1. The van der Waals surface area contributed by atoms with Crippen LogP contribution in [0.1, 0.15) is 94.5 Å². The smallest absolute Gasteiger partial charge is 0.206 e. The first kappa shape index (κ1) is 86.3. The lowest BCUT2D eigenvalue weighted by Crippen LogP contribution is -2.28. The Balaban J connectivity index is 0.000000148. The highest BCUT2D eigenvalue weighted by atomic mass is 79.9. The molecule has 0 radical (unpaired) electrons. The Morgan fingerprint density at radius 1 is 0.296 bits per heavy atom. The molecule has 0 saturated carbocycles. The number of rotatable bonds is 11. The van der Waals surface area contributed by atoms with E-state index in [0.29, 0.717) is 40.5 Å². The number of benzene rings is 14. The minimum absolute atomic E-state index is 0.0563. The van der Waals surface area contributed by atoms with Gasteiger partial charge in [0.25, 0.3) is 0 Å². The lowest BCUT2D eigenvalue weighted by atomic mass is 9.68. The fourth-order valence-corrected chi connectivity index (χ4v) is 17.5. The van der Waals surface area contributed by atoms with Crippen molar-refractivity contribution in [2.75, 3.05) is 0 Å². The molecule has 0 heterocycles. The molecule has 0 spiro atoms. The van der Waals surface area contributed by atoms with Gasteiger partial charge >= 0.3 is 0 Å². The molecule has 1 aliphatic carbocycles. The largest absolute Gasteiger partial charge is 0.508 e. The molecule has 0 atom stereocenters. The average molecular weight is 1830 g/mol. The summed E-state index contributed by atoms with van der Waals surface area (Å²) in [7, 11) is -3.64. The van der Waals surface area contributed by atoms with Crippen LogP contribution in [0, 0.1) is 27.7 Å². The predicted octanol–water partition coefficient (Wildman–Crippen LogP) is 24.5. The number of fused-ring (bicyclic) bond motifs is 3. The Morgan fingerprint density at radius 2 is 0.557 bits per heavy atom. The summed E-state index contributed by atoms with van der Waals surface area (Å²) in [5.41, 5.74) is 15.2. The van der Waals surface area contributed by atoms with Crippen molar-refractivity contribution in [2.24, 2.45) is 0 Å². The van der Waals surface area contributed by atoms with Gasteiger partial charge in [0.15, 0.2) is 0 Å². The third-order valence-corrected chi connectivity index (χ3v) is 25.0. The highest BCUT2D eigenvalue weighted by Gasteiger charge is 2.46. The van der Waals surface area contributed by atoms with Crippen molar-refractivity contribution >= 4 is 85.3 Å². The second kappa shape index (κ2) is 37.0. The molecule has 14 aromatic carbocycles. The number of hydrogen-bond donors (Lipinski definition) is 12. The van der Waals surface area contributed by atoms with Gasteiger partial charge in [0.1, 0.15) is 69.0 Å². The second-order valence-corrected chi connectivity index (χ2v) is 34.9. The molecule has 0 saturated heterocycles. The third-order valence-electron chi connectivity index (χ3n) is 19.8. The minimum Gasteiger partial charge on any atom is -0.508 e. The van der Waals surface area contributed by atoms with Crippen molar-refractivity contribution in [3.05, 3.63) is 376 Å². The zero-order valence-corrected chi connectivity index (χ0v) is 71.7. The summed E-state index contributed by atoms with van der Waals surface area (Å²) in [4.78, 5) is 2.35. The van der Waals surface area contributed by atoms with Crippen LogP contribution in [0.5, 0.6) is 69.0 Å². The van der Waals surface area contributed by atoms with Gasteiger partial charge in [-0.05, 0) is 350 Å². The maximum atomic E-state index is 12.4. The summed E-state index contributed by atoms with van der Waals surface area (Å²) in [5.74, 6) is 2.67. The highest BCUT2D eigenvalue weighted by Crippen LogP contribution is 2.56. The lowest BCUT2D eigenvalue weighted by molar-refractivity contribution is 0.466. The van der Waals surface area contributed by atoms with Crippen molar-refractivity contribution in [3.8, 4) is 91.2 Å². The van der Waals surface area contributed by atoms with Gasteiger partial charge in [-0.3, -0.25) is 0 Å². The predicted molar refractivity (Wildman–Crippen MR) is 471 cm³/mol. The maximum absolute atomic E-state index is 12.4. The molecule has 0 amide bonds. The summed E-state index contributed by atoms with van der Waals surface area (Å²) in [5, 5.41) is 114. The number of phenols is 12. The van der Waals surface area contributed by atoms with Crippen molar-refractivity contribution in [1.29, 1.82) is 0 Å². The molecular weight excluding hydrogens is 1750 g/mol. The van der Waals surface area contributed by atoms with E-state index in [9.17, 15) is 49.3 Å². The first-order valence-corrected chi connectivity index (χ1v) is 41.4. The summed E-state index contributed by atoms with van der Waals surface area (Å²) in [6.07, 6.45) is 0. The van der Waals surface area contributed by atoms with E-state index in [0.717, 1.165) is 65.4 Å². The Kier molecular flexibility index (Phi) is 27.8. The number of aryl methyl sites for hydroxylation is 4. The van der Waals surface area contributed by atoms with Gasteiger partial charge in [0.05, 0.1) is 33.1 Å². The molecule has 20 heteroatoms. The van der Waals surface area contributed by atoms with E-state index in [1.807, 2.05) is 135 Å². The van der Waals surface area contributed by atoms with E-state index in [2.05, 4.69) is 140 Å². The zero-order chi connectivity index (χ0) is 83.4. The molecule has 14 nitrogen and oxygen atoms in total. The lowest BCUT2D eigenvalue weighted by Gasteiger charge is -2.33. The molecule has 0 bridgehead atoms. The Bertz CT molecular complexity index is 5490. The van der Waals surface area contributed by atoms with Crippen LogP contribution < -0.4 is 0 Å². The normalized spacial score (nSPS) is 11.7. The van der Waals surface area contributed by atoms with E-state index in [4.69, 9.17) is 20.4 Å². The standard InChI is InChI=1S/C25H18O2.C17H20O2.C15H12Br4O2.C14H14O4S.C12H10O2S.C12H10O2/c26-19-13-9-17(10-14-19)25(18-11-15-20(27)16-12-18)23-7-3-1-5-21(23)22-6-2-4-8-24(22)25;1-11-9-13(5-7-15(11)18)17(3,4)14-6-8-16(19)12(2)10-14;1-15(2,7-3-9(16)13(20)10(17)4-7)8-5-11(18)14(21)12(19)6-8;1-9-7-11(3-5-13(9)15)19(17,18)12-4-6-14(16)10(2)8-12;13-9-1-5-11(6-2-9)15-12-7-3-10(14)4-8-12;13-11-5-1-9(2-6-11)10-3-7-12(14)8-4-10/h1-16,26-27H;5-10,18-19H,1-4H3;3-6,20-21H,1-2H3;3-8,15-16H,1-2H3;1-8,13-14H;1-8,13-14H. The molecule has 12 N–H and O–H groups in total. The Labute approximate surface area is 707 Å². The molecule has 0 fully saturated rings. The molecule has 1 aliphatic rings. The van der Waals surface area contributed by atoms with E-state index in [-0.39, 0.29) is 78.1 Å². The second-order valence-electron chi connectivity index (χ2n) is 28.3. The van der Waals surface area contributed by atoms with Gasteiger partial charge in [-0.2, -0.15) is 0 Å².